The van der Waals surface area contributed by atoms with Gasteiger partial charge < -0.3 is 10.1 Å². The second-order valence-corrected chi connectivity index (χ2v) is 7.81. The Kier molecular flexibility index (Phi) is 5.65. The lowest BCUT2D eigenvalue weighted by Gasteiger charge is -2.13. The first-order chi connectivity index (χ1) is 13.4. The third-order valence-electron chi connectivity index (χ3n) is 4.02. The van der Waals surface area contributed by atoms with E-state index >= 15 is 0 Å². The molecular formula is C21H20N2O4S. The van der Waals surface area contributed by atoms with Crippen LogP contribution in [0, 0.1) is 6.92 Å². The number of nitrogens with one attached hydrogen (secondary N) is 2. The van der Waals surface area contributed by atoms with Crippen molar-refractivity contribution in [3.05, 3.63) is 83.9 Å². The molecule has 2 N–H and O–H groups in total. The number of carbonyl (C=O) groups is 1. The van der Waals surface area contributed by atoms with E-state index in [1.807, 2.05) is 19.1 Å². The number of methoxy groups -OCH3 is 1. The van der Waals surface area contributed by atoms with Crippen molar-refractivity contribution in [3.63, 3.8) is 0 Å². The highest BCUT2D eigenvalue weighted by Gasteiger charge is 2.22. The minimum atomic E-state index is -3.96. The molecule has 7 heteroatoms. The van der Waals surface area contributed by atoms with E-state index in [4.69, 9.17) is 4.74 Å². The van der Waals surface area contributed by atoms with Crippen LogP contribution in [0.3, 0.4) is 0 Å². The van der Waals surface area contributed by atoms with E-state index in [9.17, 15) is 13.2 Å². The number of rotatable bonds is 6. The number of hydrogen-bond acceptors (Lipinski definition) is 4. The van der Waals surface area contributed by atoms with Crippen molar-refractivity contribution in [2.45, 2.75) is 11.8 Å². The fourth-order valence-corrected chi connectivity index (χ4v) is 3.92. The number of aryl methyl sites for hydroxylation is 1. The molecule has 0 saturated carbocycles. The molecule has 3 rings (SSSR count). The molecule has 3 aromatic carbocycles. The van der Waals surface area contributed by atoms with Crippen molar-refractivity contribution in [2.75, 3.05) is 17.1 Å². The van der Waals surface area contributed by atoms with Gasteiger partial charge in [-0.15, -0.1) is 0 Å². The molecule has 0 fully saturated rings. The van der Waals surface area contributed by atoms with E-state index in [2.05, 4.69) is 10.0 Å². The van der Waals surface area contributed by atoms with Gasteiger partial charge in [0.15, 0.2) is 0 Å². The van der Waals surface area contributed by atoms with Crippen LogP contribution >= 0.6 is 0 Å². The molecule has 144 valence electrons. The highest BCUT2D eigenvalue weighted by atomic mass is 32.2. The molecule has 0 spiro atoms. The molecule has 0 aliphatic heterocycles. The molecule has 0 aliphatic carbocycles. The van der Waals surface area contributed by atoms with Gasteiger partial charge in [-0.05, 0) is 55.0 Å². The van der Waals surface area contributed by atoms with E-state index in [-0.39, 0.29) is 16.2 Å². The Bertz CT molecular complexity index is 1100. The quantitative estimate of drug-likeness (QED) is 0.658. The van der Waals surface area contributed by atoms with E-state index in [0.29, 0.717) is 11.4 Å². The molecule has 0 radical (unpaired) electrons. The lowest BCUT2D eigenvalue weighted by Crippen LogP contribution is -2.17. The minimum Gasteiger partial charge on any atom is -0.495 e. The molecule has 6 nitrogen and oxygen atoms in total. The van der Waals surface area contributed by atoms with Crippen LogP contribution in [0.25, 0.3) is 0 Å². The minimum absolute atomic E-state index is 0.114. The number of ether oxygens (including phenoxy) is 1. The molecule has 0 saturated heterocycles. The van der Waals surface area contributed by atoms with Gasteiger partial charge in [-0.1, -0.05) is 30.3 Å². The second kappa shape index (κ2) is 8.14. The van der Waals surface area contributed by atoms with Crippen molar-refractivity contribution >= 4 is 27.3 Å². The maximum absolute atomic E-state index is 12.9. The highest BCUT2D eigenvalue weighted by Crippen LogP contribution is 2.27. The Balaban J connectivity index is 1.93. The Morgan fingerprint density at radius 3 is 2.29 bits per heavy atom. The summed E-state index contributed by atoms with van der Waals surface area (Å²) in [6, 6.07) is 20.2. The summed E-state index contributed by atoms with van der Waals surface area (Å²) < 4.78 is 33.5. The van der Waals surface area contributed by atoms with E-state index in [0.717, 1.165) is 5.56 Å². The van der Waals surface area contributed by atoms with Crippen LogP contribution in [-0.2, 0) is 10.0 Å². The van der Waals surface area contributed by atoms with Gasteiger partial charge >= 0.3 is 0 Å². The lowest BCUT2D eigenvalue weighted by molar-refractivity contribution is 0.102. The van der Waals surface area contributed by atoms with E-state index in [1.165, 1.54) is 25.3 Å². The maximum atomic E-state index is 12.9. The van der Waals surface area contributed by atoms with Crippen molar-refractivity contribution in [2.24, 2.45) is 0 Å². The molecule has 0 aliphatic rings. The fourth-order valence-electron chi connectivity index (χ4n) is 2.67. The summed E-state index contributed by atoms with van der Waals surface area (Å²) in [6.45, 7) is 1.87. The Morgan fingerprint density at radius 2 is 1.61 bits per heavy atom. The van der Waals surface area contributed by atoms with Gasteiger partial charge in [-0.2, -0.15) is 0 Å². The van der Waals surface area contributed by atoms with Crippen molar-refractivity contribution in [1.29, 1.82) is 0 Å². The fraction of sp³-hybridized carbons (Fsp3) is 0.0952. The Labute approximate surface area is 164 Å². The normalized spacial score (nSPS) is 10.9. The smallest absolute Gasteiger partial charge is 0.265 e. The first-order valence-electron chi connectivity index (χ1n) is 8.53. The van der Waals surface area contributed by atoms with Crippen LogP contribution in [0.15, 0.2) is 77.7 Å². The van der Waals surface area contributed by atoms with Crippen molar-refractivity contribution in [3.8, 4) is 5.75 Å². The van der Waals surface area contributed by atoms with E-state index in [1.54, 1.807) is 42.5 Å². The molecule has 0 aromatic heterocycles. The zero-order valence-electron chi connectivity index (χ0n) is 15.5. The zero-order valence-corrected chi connectivity index (χ0v) is 16.3. The summed E-state index contributed by atoms with van der Waals surface area (Å²) in [5, 5.41) is 2.74. The molecular weight excluding hydrogens is 376 g/mol. The third-order valence-corrected chi connectivity index (χ3v) is 5.42. The van der Waals surface area contributed by atoms with Gasteiger partial charge in [0.05, 0.1) is 7.11 Å². The number of hydrogen-bond donors (Lipinski definition) is 2. The molecule has 1 amide bonds. The summed E-state index contributed by atoms with van der Waals surface area (Å²) in [4.78, 5) is 12.4. The van der Waals surface area contributed by atoms with Crippen LogP contribution in [0.1, 0.15) is 15.9 Å². The maximum Gasteiger partial charge on any atom is 0.265 e. The average Bonchev–Trinajstić information content (AvgIpc) is 2.68. The number of anilines is 2. The summed E-state index contributed by atoms with van der Waals surface area (Å²) in [5.74, 6) is -0.266. The van der Waals surface area contributed by atoms with Crippen LogP contribution < -0.4 is 14.8 Å². The number of amides is 1. The number of benzene rings is 3. The third kappa shape index (κ3) is 4.50. The van der Waals surface area contributed by atoms with Crippen molar-refractivity contribution < 1.29 is 17.9 Å². The predicted molar refractivity (Wildman–Crippen MR) is 109 cm³/mol. The Hall–Kier alpha value is -3.32. The summed E-state index contributed by atoms with van der Waals surface area (Å²) in [7, 11) is -2.58. The van der Waals surface area contributed by atoms with Gasteiger partial charge in [0, 0.05) is 16.9 Å². The molecule has 0 atom stereocenters. The summed E-state index contributed by atoms with van der Waals surface area (Å²) in [5.41, 5.74) is 2.17. The van der Waals surface area contributed by atoms with Gasteiger partial charge in [0.2, 0.25) is 0 Å². The predicted octanol–water partition coefficient (Wildman–Crippen LogP) is 4.06. The SMILES string of the molecule is COc1ccc(C(=O)Nc2ccccc2)cc1S(=O)(=O)Nc1cccc(C)c1. The average molecular weight is 396 g/mol. The molecule has 0 bridgehead atoms. The van der Waals surface area contributed by atoms with Crippen LogP contribution in [0.4, 0.5) is 11.4 Å². The second-order valence-electron chi connectivity index (χ2n) is 6.16. The molecule has 28 heavy (non-hydrogen) atoms. The number of para-hydroxylation sites is 1. The molecule has 3 aromatic rings. The lowest BCUT2D eigenvalue weighted by atomic mass is 10.2. The van der Waals surface area contributed by atoms with Crippen LogP contribution in [0.2, 0.25) is 0 Å². The topological polar surface area (TPSA) is 84.5 Å². The number of sulfonamides is 1. The van der Waals surface area contributed by atoms with Crippen molar-refractivity contribution in [1.82, 2.24) is 0 Å². The number of carbonyl (C=O) groups excluding carboxylic acids is 1. The standard InChI is InChI=1S/C21H20N2O4S/c1-15-7-6-10-18(13-15)23-28(25,26)20-14-16(11-12-19(20)27-2)21(24)22-17-8-4-3-5-9-17/h3-14,23H,1-2H3,(H,22,24). The zero-order chi connectivity index (χ0) is 20.1. The van der Waals surface area contributed by atoms with Crippen LogP contribution in [-0.4, -0.2) is 21.4 Å². The van der Waals surface area contributed by atoms with E-state index < -0.39 is 15.9 Å². The van der Waals surface area contributed by atoms with Gasteiger partial charge in [-0.3, -0.25) is 9.52 Å². The first-order valence-corrected chi connectivity index (χ1v) is 10.0. The highest BCUT2D eigenvalue weighted by molar-refractivity contribution is 7.92. The van der Waals surface area contributed by atoms with Gasteiger partial charge in [-0.25, -0.2) is 8.42 Å². The van der Waals surface area contributed by atoms with Gasteiger partial charge in [0.25, 0.3) is 15.9 Å². The molecule has 0 unspecified atom stereocenters. The first kappa shape index (κ1) is 19.4. The van der Waals surface area contributed by atoms with Crippen LogP contribution in [0.5, 0.6) is 5.75 Å². The van der Waals surface area contributed by atoms with Gasteiger partial charge in [0.1, 0.15) is 10.6 Å². The summed E-state index contributed by atoms with van der Waals surface area (Å²) >= 11 is 0. The monoisotopic (exact) mass is 396 g/mol. The largest absolute Gasteiger partial charge is 0.495 e. The summed E-state index contributed by atoms with van der Waals surface area (Å²) in [6.07, 6.45) is 0. The molecule has 0 heterocycles. The Morgan fingerprint density at radius 1 is 0.893 bits per heavy atom.